The van der Waals surface area contributed by atoms with Gasteiger partial charge in [-0.05, 0) is 60.2 Å². The number of fused-ring (bicyclic) bond motifs is 1. The molecule has 0 N–H and O–H groups in total. The molecular weight excluding hydrogens is 362 g/mol. The summed E-state index contributed by atoms with van der Waals surface area (Å²) in [6.45, 7) is 0. The van der Waals surface area contributed by atoms with E-state index < -0.39 is 0 Å². The largest absolute Gasteiger partial charge is 0.493 e. The quantitative estimate of drug-likeness (QED) is 0.542. The minimum atomic E-state index is -0.365. The highest BCUT2D eigenvalue weighted by Gasteiger charge is 2.27. The lowest BCUT2D eigenvalue weighted by atomic mass is 9.92. The van der Waals surface area contributed by atoms with E-state index >= 15 is 0 Å². The molecule has 28 heavy (non-hydrogen) atoms. The van der Waals surface area contributed by atoms with E-state index in [9.17, 15) is 10.1 Å². The van der Waals surface area contributed by atoms with Gasteiger partial charge in [0.15, 0.2) is 17.2 Å². The molecule has 0 saturated heterocycles. The third-order valence-electron chi connectivity index (χ3n) is 4.89. The topological polar surface area (TPSA) is 80.1 Å². The van der Waals surface area contributed by atoms with Crippen LogP contribution in [0.5, 0.6) is 23.0 Å². The fourth-order valence-electron chi connectivity index (χ4n) is 3.63. The average molecular weight is 385 g/mol. The van der Waals surface area contributed by atoms with Crippen molar-refractivity contribution in [2.24, 2.45) is 0 Å². The van der Waals surface area contributed by atoms with Gasteiger partial charge in [0, 0.05) is 5.56 Å². The van der Waals surface area contributed by atoms with Crippen LogP contribution in [0, 0.1) is 10.1 Å². The van der Waals surface area contributed by atoms with E-state index in [1.165, 1.54) is 7.11 Å². The van der Waals surface area contributed by atoms with Gasteiger partial charge in [-0.1, -0.05) is 6.08 Å². The molecule has 0 amide bonds. The van der Waals surface area contributed by atoms with Crippen molar-refractivity contribution in [3.05, 3.63) is 57.1 Å². The molecule has 7 nitrogen and oxygen atoms in total. The maximum Gasteiger partial charge on any atom is 0.314 e. The second kappa shape index (κ2) is 8.21. The summed E-state index contributed by atoms with van der Waals surface area (Å²) in [6.07, 6.45) is 4.32. The van der Waals surface area contributed by atoms with E-state index in [1.807, 2.05) is 18.2 Å². The Labute approximate surface area is 163 Å². The van der Waals surface area contributed by atoms with Crippen LogP contribution in [0.3, 0.4) is 0 Å². The first-order chi connectivity index (χ1) is 13.5. The number of methoxy groups -OCH3 is 4. The molecule has 0 spiro atoms. The van der Waals surface area contributed by atoms with Gasteiger partial charge in [-0.25, -0.2) is 0 Å². The molecule has 0 bridgehead atoms. The Morgan fingerprint density at radius 2 is 1.57 bits per heavy atom. The van der Waals surface area contributed by atoms with Crippen LogP contribution in [0.15, 0.2) is 30.3 Å². The van der Waals surface area contributed by atoms with Crippen molar-refractivity contribution in [1.82, 2.24) is 0 Å². The van der Waals surface area contributed by atoms with Crippen LogP contribution in [0.2, 0.25) is 0 Å². The first-order valence-electron chi connectivity index (χ1n) is 8.90. The number of nitrogens with zero attached hydrogens (tertiary/aromatic N) is 1. The average Bonchev–Trinajstić information content (AvgIpc) is 2.93. The molecule has 2 aromatic rings. The van der Waals surface area contributed by atoms with E-state index in [1.54, 1.807) is 27.4 Å². The number of nitro groups is 1. The summed E-state index contributed by atoms with van der Waals surface area (Å²) in [7, 11) is 6.12. The molecule has 3 rings (SSSR count). The van der Waals surface area contributed by atoms with Crippen LogP contribution < -0.4 is 18.9 Å². The summed E-state index contributed by atoms with van der Waals surface area (Å²) < 4.78 is 21.6. The second-order valence-corrected chi connectivity index (χ2v) is 6.32. The minimum Gasteiger partial charge on any atom is -0.493 e. The van der Waals surface area contributed by atoms with Crippen molar-refractivity contribution < 1.29 is 23.9 Å². The van der Waals surface area contributed by atoms with E-state index in [-0.39, 0.29) is 16.4 Å². The lowest BCUT2D eigenvalue weighted by Gasteiger charge is -2.17. The van der Waals surface area contributed by atoms with Gasteiger partial charge in [-0.2, -0.15) is 0 Å². The lowest BCUT2D eigenvalue weighted by Crippen LogP contribution is -2.03. The number of hydrogen-bond acceptors (Lipinski definition) is 6. The number of benzene rings is 2. The van der Waals surface area contributed by atoms with Crippen LogP contribution in [-0.2, 0) is 6.42 Å². The van der Waals surface area contributed by atoms with Crippen molar-refractivity contribution in [3.63, 3.8) is 0 Å². The first-order valence-corrected chi connectivity index (χ1v) is 8.90. The Morgan fingerprint density at radius 3 is 2.11 bits per heavy atom. The van der Waals surface area contributed by atoms with Crippen molar-refractivity contribution in [2.45, 2.75) is 19.3 Å². The summed E-state index contributed by atoms with van der Waals surface area (Å²) >= 11 is 0. The van der Waals surface area contributed by atoms with Crippen molar-refractivity contribution in [1.29, 1.82) is 0 Å². The Hall–Kier alpha value is -3.22. The second-order valence-electron chi connectivity index (χ2n) is 6.32. The molecule has 1 aliphatic rings. The third kappa shape index (κ3) is 3.35. The van der Waals surface area contributed by atoms with Gasteiger partial charge in [0.05, 0.1) is 33.4 Å². The zero-order valence-corrected chi connectivity index (χ0v) is 16.4. The molecule has 0 fully saturated rings. The number of ether oxygens (including phenoxy) is 4. The molecule has 2 aromatic carbocycles. The zero-order chi connectivity index (χ0) is 20.3. The summed E-state index contributed by atoms with van der Waals surface area (Å²) in [5.74, 6) is 1.84. The summed E-state index contributed by atoms with van der Waals surface area (Å²) in [5, 5.41) is 11.7. The molecule has 0 aliphatic heterocycles. The number of hydrogen-bond donors (Lipinski definition) is 0. The van der Waals surface area contributed by atoms with Crippen LogP contribution in [0.1, 0.15) is 29.5 Å². The molecule has 0 radical (unpaired) electrons. The maximum atomic E-state index is 11.7. The van der Waals surface area contributed by atoms with Gasteiger partial charge in [-0.15, -0.1) is 0 Å². The Morgan fingerprint density at radius 1 is 0.929 bits per heavy atom. The number of allylic oxidation sites excluding steroid dienone is 1. The molecule has 0 atom stereocenters. The number of nitro benzene ring substituents is 1. The highest BCUT2D eigenvalue weighted by atomic mass is 16.6. The first kappa shape index (κ1) is 19.5. The molecule has 148 valence electrons. The van der Waals surface area contributed by atoms with Gasteiger partial charge in [0.25, 0.3) is 0 Å². The summed E-state index contributed by atoms with van der Waals surface area (Å²) in [4.78, 5) is 11.4. The molecule has 7 heteroatoms. The SMILES string of the molecule is COc1cc(C2=CCCCc3c2ccc(OC)c3[N+](=O)[O-])cc(OC)c1OC. The highest BCUT2D eigenvalue weighted by Crippen LogP contribution is 2.44. The molecule has 0 heterocycles. The van der Waals surface area contributed by atoms with E-state index in [4.69, 9.17) is 18.9 Å². The minimum absolute atomic E-state index is 0.0280. The molecule has 0 aromatic heterocycles. The highest BCUT2D eigenvalue weighted by molar-refractivity contribution is 5.86. The van der Waals surface area contributed by atoms with Gasteiger partial charge in [0.1, 0.15) is 0 Å². The van der Waals surface area contributed by atoms with Crippen molar-refractivity contribution in [3.8, 4) is 23.0 Å². The summed E-state index contributed by atoms with van der Waals surface area (Å²) in [6, 6.07) is 7.24. The molecule has 0 saturated carbocycles. The fourth-order valence-corrected chi connectivity index (χ4v) is 3.63. The molecule has 1 aliphatic carbocycles. The predicted octanol–water partition coefficient (Wildman–Crippen LogP) is 4.40. The van der Waals surface area contributed by atoms with Gasteiger partial charge >= 0.3 is 5.69 Å². The van der Waals surface area contributed by atoms with Crippen molar-refractivity contribution >= 4 is 11.3 Å². The maximum absolute atomic E-state index is 11.7. The van der Waals surface area contributed by atoms with Crippen LogP contribution in [-0.4, -0.2) is 33.4 Å². The van der Waals surface area contributed by atoms with E-state index in [0.29, 0.717) is 29.2 Å². The van der Waals surface area contributed by atoms with Crippen LogP contribution in [0.4, 0.5) is 5.69 Å². The molecular formula is C21H23NO6. The third-order valence-corrected chi connectivity index (χ3v) is 4.89. The van der Waals surface area contributed by atoms with E-state index in [2.05, 4.69) is 6.08 Å². The normalized spacial score (nSPS) is 13.1. The smallest absolute Gasteiger partial charge is 0.314 e. The fraction of sp³-hybridized carbons (Fsp3) is 0.333. The predicted molar refractivity (Wildman–Crippen MR) is 106 cm³/mol. The van der Waals surface area contributed by atoms with Gasteiger partial charge in [-0.3, -0.25) is 10.1 Å². The van der Waals surface area contributed by atoms with Crippen molar-refractivity contribution in [2.75, 3.05) is 28.4 Å². The summed E-state index contributed by atoms with van der Waals surface area (Å²) in [5.41, 5.74) is 3.27. The van der Waals surface area contributed by atoms with E-state index in [0.717, 1.165) is 29.5 Å². The Kier molecular flexibility index (Phi) is 5.73. The molecule has 0 unspecified atom stereocenters. The standard InChI is InChI=1S/C21H23NO6/c1-25-17-10-9-15-14(7-5-6-8-16(15)20(17)22(23)24)13-11-18(26-2)21(28-4)19(12-13)27-3/h7,9-12H,5-6,8H2,1-4H3. The Balaban J connectivity index is 2.24. The monoisotopic (exact) mass is 385 g/mol. The van der Waals surface area contributed by atoms with Gasteiger partial charge in [0.2, 0.25) is 5.75 Å². The Bertz CT molecular complexity index is 910. The van der Waals surface area contributed by atoms with Gasteiger partial charge < -0.3 is 18.9 Å². The number of rotatable bonds is 6. The zero-order valence-electron chi connectivity index (χ0n) is 16.4. The van der Waals surface area contributed by atoms with Crippen LogP contribution >= 0.6 is 0 Å². The lowest BCUT2D eigenvalue weighted by molar-refractivity contribution is -0.386. The van der Waals surface area contributed by atoms with Crippen LogP contribution in [0.25, 0.3) is 5.57 Å².